The molecule has 5 heteroatoms. The van der Waals surface area contributed by atoms with Gasteiger partial charge in [0, 0.05) is 18.7 Å². The lowest BCUT2D eigenvalue weighted by Gasteiger charge is -2.35. The minimum absolute atomic E-state index is 0.667. The van der Waals surface area contributed by atoms with Crippen LogP contribution in [0.4, 0.5) is 0 Å². The minimum atomic E-state index is 0.667. The average Bonchev–Trinajstić information content (AvgIpc) is 2.92. The number of nitrogens with one attached hydrogen (secondary N) is 1. The second-order valence-electron chi connectivity index (χ2n) is 5.65. The van der Waals surface area contributed by atoms with E-state index in [1.165, 1.54) is 32.5 Å². The van der Waals surface area contributed by atoms with E-state index in [0.29, 0.717) is 6.04 Å². The molecule has 0 saturated carbocycles. The third-order valence-corrected chi connectivity index (χ3v) is 4.20. The van der Waals surface area contributed by atoms with E-state index in [-0.39, 0.29) is 0 Å². The van der Waals surface area contributed by atoms with E-state index in [9.17, 15) is 0 Å². The maximum absolute atomic E-state index is 5.42. The molecule has 2 rings (SSSR count). The van der Waals surface area contributed by atoms with Crippen LogP contribution in [-0.2, 0) is 13.1 Å². The molecule has 0 spiro atoms. The van der Waals surface area contributed by atoms with E-state index in [1.54, 1.807) is 0 Å². The fourth-order valence-electron chi connectivity index (χ4n) is 2.82. The molecule has 20 heavy (non-hydrogen) atoms. The van der Waals surface area contributed by atoms with Crippen molar-refractivity contribution in [3.63, 3.8) is 0 Å². The van der Waals surface area contributed by atoms with Gasteiger partial charge in [0.15, 0.2) is 5.76 Å². The number of hydrogen-bond donors (Lipinski definition) is 1. The van der Waals surface area contributed by atoms with Gasteiger partial charge in [-0.15, -0.1) is 0 Å². The molecule has 0 amide bonds. The van der Waals surface area contributed by atoms with Crippen LogP contribution < -0.4 is 5.32 Å². The summed E-state index contributed by atoms with van der Waals surface area (Å²) in [6.07, 6.45) is 2.51. The number of aromatic nitrogens is 1. The SMILES string of the molecule is CCNCc1cc(CN(C)C2CCN(CC)CC2)on1. The van der Waals surface area contributed by atoms with E-state index < -0.39 is 0 Å². The molecule has 0 radical (unpaired) electrons. The Hall–Kier alpha value is -0.910. The van der Waals surface area contributed by atoms with Crippen LogP contribution in [0.5, 0.6) is 0 Å². The summed E-state index contributed by atoms with van der Waals surface area (Å²) in [5.74, 6) is 0.971. The van der Waals surface area contributed by atoms with Crippen molar-refractivity contribution < 1.29 is 4.52 Å². The van der Waals surface area contributed by atoms with Crippen molar-refractivity contribution in [2.45, 2.75) is 45.8 Å². The lowest BCUT2D eigenvalue weighted by Crippen LogP contribution is -2.42. The smallest absolute Gasteiger partial charge is 0.151 e. The van der Waals surface area contributed by atoms with Gasteiger partial charge >= 0.3 is 0 Å². The largest absolute Gasteiger partial charge is 0.360 e. The summed E-state index contributed by atoms with van der Waals surface area (Å²) >= 11 is 0. The topological polar surface area (TPSA) is 44.5 Å². The first kappa shape index (κ1) is 15.5. The number of likely N-dealkylation sites (tertiary alicyclic amines) is 1. The molecule has 1 aliphatic heterocycles. The highest BCUT2D eigenvalue weighted by atomic mass is 16.5. The molecule has 2 heterocycles. The molecule has 0 aliphatic carbocycles. The normalized spacial score (nSPS) is 18.0. The van der Waals surface area contributed by atoms with Crippen LogP contribution in [0, 0.1) is 0 Å². The van der Waals surface area contributed by atoms with Crippen molar-refractivity contribution in [2.75, 3.05) is 33.2 Å². The van der Waals surface area contributed by atoms with Gasteiger partial charge in [-0.1, -0.05) is 19.0 Å². The third kappa shape index (κ3) is 4.30. The highest BCUT2D eigenvalue weighted by Crippen LogP contribution is 2.17. The van der Waals surface area contributed by atoms with Crippen LogP contribution >= 0.6 is 0 Å². The number of nitrogens with zero attached hydrogens (tertiary/aromatic N) is 3. The Morgan fingerprint density at radius 1 is 1.40 bits per heavy atom. The molecule has 1 N–H and O–H groups in total. The van der Waals surface area contributed by atoms with Crippen LogP contribution in [0.2, 0.25) is 0 Å². The van der Waals surface area contributed by atoms with Gasteiger partial charge in [-0.25, -0.2) is 0 Å². The Bertz CT molecular complexity index is 385. The Morgan fingerprint density at radius 2 is 2.15 bits per heavy atom. The first-order valence-corrected chi connectivity index (χ1v) is 7.80. The highest BCUT2D eigenvalue weighted by molar-refractivity contribution is 5.05. The molecule has 0 unspecified atom stereocenters. The van der Waals surface area contributed by atoms with Crippen molar-refractivity contribution in [1.82, 2.24) is 20.3 Å². The maximum Gasteiger partial charge on any atom is 0.151 e. The molecule has 0 atom stereocenters. The maximum atomic E-state index is 5.42. The fourth-order valence-corrected chi connectivity index (χ4v) is 2.82. The van der Waals surface area contributed by atoms with Crippen LogP contribution in [0.15, 0.2) is 10.6 Å². The number of hydrogen-bond acceptors (Lipinski definition) is 5. The average molecular weight is 280 g/mol. The lowest BCUT2D eigenvalue weighted by molar-refractivity contribution is 0.119. The van der Waals surface area contributed by atoms with Gasteiger partial charge in [0.05, 0.1) is 12.2 Å². The Morgan fingerprint density at radius 3 is 2.80 bits per heavy atom. The first-order chi connectivity index (χ1) is 9.72. The summed E-state index contributed by atoms with van der Waals surface area (Å²) in [6.45, 7) is 10.5. The molecule has 1 fully saturated rings. The monoisotopic (exact) mass is 280 g/mol. The molecule has 1 aromatic rings. The zero-order chi connectivity index (χ0) is 14.4. The fraction of sp³-hybridized carbons (Fsp3) is 0.800. The second-order valence-corrected chi connectivity index (χ2v) is 5.65. The van der Waals surface area contributed by atoms with Crippen LogP contribution in [-0.4, -0.2) is 54.2 Å². The van der Waals surface area contributed by atoms with Gasteiger partial charge in [0.2, 0.25) is 0 Å². The molecule has 0 bridgehead atoms. The van der Waals surface area contributed by atoms with Crippen molar-refractivity contribution in [3.05, 3.63) is 17.5 Å². The summed E-state index contributed by atoms with van der Waals surface area (Å²) in [6, 6.07) is 2.74. The molecule has 1 saturated heterocycles. The van der Waals surface area contributed by atoms with Crippen molar-refractivity contribution >= 4 is 0 Å². The molecular formula is C15H28N4O. The predicted octanol–water partition coefficient (Wildman–Crippen LogP) is 1.70. The molecular weight excluding hydrogens is 252 g/mol. The lowest BCUT2D eigenvalue weighted by atomic mass is 10.0. The summed E-state index contributed by atoms with van der Waals surface area (Å²) < 4.78 is 5.42. The van der Waals surface area contributed by atoms with Crippen molar-refractivity contribution in [2.24, 2.45) is 0 Å². The van der Waals surface area contributed by atoms with E-state index in [1.807, 2.05) is 0 Å². The molecule has 0 aromatic carbocycles. The summed E-state index contributed by atoms with van der Waals surface area (Å²) in [5, 5.41) is 7.37. The zero-order valence-corrected chi connectivity index (χ0v) is 13.1. The predicted molar refractivity (Wildman–Crippen MR) is 80.5 cm³/mol. The summed E-state index contributed by atoms with van der Waals surface area (Å²) in [7, 11) is 2.19. The zero-order valence-electron chi connectivity index (χ0n) is 13.1. The van der Waals surface area contributed by atoms with Gasteiger partial charge in [0.1, 0.15) is 0 Å². The molecule has 1 aromatic heterocycles. The van der Waals surface area contributed by atoms with Gasteiger partial charge in [0.25, 0.3) is 0 Å². The van der Waals surface area contributed by atoms with E-state index in [0.717, 1.165) is 31.1 Å². The van der Waals surface area contributed by atoms with Gasteiger partial charge in [-0.3, -0.25) is 4.90 Å². The summed E-state index contributed by atoms with van der Waals surface area (Å²) in [4.78, 5) is 4.93. The Labute approximate surface area is 122 Å². The van der Waals surface area contributed by atoms with Gasteiger partial charge in [-0.2, -0.15) is 0 Å². The summed E-state index contributed by atoms with van der Waals surface area (Å²) in [5.41, 5.74) is 0.996. The van der Waals surface area contributed by atoms with Gasteiger partial charge in [-0.05, 0) is 46.1 Å². The Kier molecular flexibility index (Phi) is 6.01. The van der Waals surface area contributed by atoms with Crippen molar-refractivity contribution in [1.29, 1.82) is 0 Å². The van der Waals surface area contributed by atoms with Gasteiger partial charge < -0.3 is 14.7 Å². The number of piperidine rings is 1. The van der Waals surface area contributed by atoms with Crippen LogP contribution in [0.1, 0.15) is 38.1 Å². The molecule has 114 valence electrons. The standard InChI is InChI=1S/C15H28N4O/c1-4-16-11-13-10-15(20-17-13)12-18(3)14-6-8-19(5-2)9-7-14/h10,14,16H,4-9,11-12H2,1-3H3. The third-order valence-electron chi connectivity index (χ3n) is 4.20. The minimum Gasteiger partial charge on any atom is -0.360 e. The molecule has 5 nitrogen and oxygen atoms in total. The highest BCUT2D eigenvalue weighted by Gasteiger charge is 2.22. The second kappa shape index (κ2) is 7.76. The van der Waals surface area contributed by atoms with E-state index in [4.69, 9.17) is 4.52 Å². The van der Waals surface area contributed by atoms with E-state index in [2.05, 4.69) is 47.2 Å². The van der Waals surface area contributed by atoms with Crippen LogP contribution in [0.3, 0.4) is 0 Å². The number of rotatable bonds is 7. The molecule has 1 aliphatic rings. The Balaban J connectivity index is 1.79. The van der Waals surface area contributed by atoms with Crippen LogP contribution in [0.25, 0.3) is 0 Å². The quantitative estimate of drug-likeness (QED) is 0.823. The van der Waals surface area contributed by atoms with Crippen molar-refractivity contribution in [3.8, 4) is 0 Å². The first-order valence-electron chi connectivity index (χ1n) is 7.80. The van der Waals surface area contributed by atoms with E-state index >= 15 is 0 Å².